The number of aryl methyl sites for hydroxylation is 2. The first-order valence-corrected chi connectivity index (χ1v) is 15.8. The summed E-state index contributed by atoms with van der Waals surface area (Å²) in [5.41, 5.74) is 3.34. The Morgan fingerprint density at radius 1 is 1.04 bits per heavy atom. The Balaban J connectivity index is 1.10. The van der Waals surface area contributed by atoms with E-state index in [-0.39, 0.29) is 18.1 Å². The summed E-state index contributed by atoms with van der Waals surface area (Å²) in [6.07, 6.45) is 16.6. The van der Waals surface area contributed by atoms with Crippen LogP contribution in [0.2, 0.25) is 0 Å². The van der Waals surface area contributed by atoms with Crippen LogP contribution in [0.1, 0.15) is 43.2 Å². The van der Waals surface area contributed by atoms with E-state index < -0.39 is 0 Å². The normalized spacial score (nSPS) is 15.8. The molecule has 13 nitrogen and oxygen atoms in total. The topological polar surface area (TPSA) is 154 Å². The molecule has 0 aliphatic heterocycles. The Bertz CT molecular complexity index is 1770. The minimum atomic E-state index is -0.175. The van der Waals surface area contributed by atoms with Crippen molar-refractivity contribution in [2.45, 2.75) is 57.3 Å². The number of carbonyl (C=O) groups is 1. The average Bonchev–Trinajstić information content (AvgIpc) is 3.80. The van der Waals surface area contributed by atoms with Gasteiger partial charge in [0.05, 0.1) is 18.7 Å². The number of carbonyl (C=O) groups excluding carboxylic acids is 1. The van der Waals surface area contributed by atoms with E-state index in [1.807, 2.05) is 66.5 Å². The van der Waals surface area contributed by atoms with Crippen molar-refractivity contribution in [2.75, 3.05) is 22.1 Å². The highest BCUT2D eigenvalue weighted by Crippen LogP contribution is 2.30. The second-order valence-electron chi connectivity index (χ2n) is 11.6. The zero-order chi connectivity index (χ0) is 32.4. The van der Waals surface area contributed by atoms with Gasteiger partial charge in [-0.3, -0.25) is 9.58 Å². The number of nitriles is 1. The van der Waals surface area contributed by atoms with E-state index in [0.29, 0.717) is 36.2 Å². The molecular weight excluding hydrogens is 592 g/mol. The van der Waals surface area contributed by atoms with Gasteiger partial charge in [0.15, 0.2) is 0 Å². The number of amides is 2. The molecule has 1 saturated carbocycles. The summed E-state index contributed by atoms with van der Waals surface area (Å²) in [5.74, 6) is 1.61. The SMILES string of the molecule is Cn1cc(-c2ccc(N(C(=O)NCc3ccccc3)[C@H]3CC[C@H](Nc4ncc(C#N)c(NCCCn5ccnc5)n4)CC3)nc2)cn1. The van der Waals surface area contributed by atoms with Crippen LogP contribution in [0.4, 0.5) is 22.4 Å². The number of aromatic nitrogens is 7. The largest absolute Gasteiger partial charge is 0.369 e. The fourth-order valence-corrected chi connectivity index (χ4v) is 5.80. The first-order chi connectivity index (χ1) is 23.1. The molecular formula is C34H38N12O. The average molecular weight is 631 g/mol. The van der Waals surface area contributed by atoms with Gasteiger partial charge in [-0.25, -0.2) is 19.7 Å². The maximum absolute atomic E-state index is 13.7. The number of imidazole rings is 1. The van der Waals surface area contributed by atoms with E-state index in [1.165, 1.54) is 0 Å². The van der Waals surface area contributed by atoms with Crippen molar-refractivity contribution < 1.29 is 4.79 Å². The second-order valence-corrected chi connectivity index (χ2v) is 11.6. The molecule has 5 aromatic rings. The maximum atomic E-state index is 13.7. The number of urea groups is 1. The van der Waals surface area contributed by atoms with Crippen LogP contribution in [0.15, 0.2) is 86.0 Å². The van der Waals surface area contributed by atoms with E-state index in [0.717, 1.165) is 55.3 Å². The third-order valence-electron chi connectivity index (χ3n) is 8.29. The van der Waals surface area contributed by atoms with Gasteiger partial charge in [-0.15, -0.1) is 0 Å². The Morgan fingerprint density at radius 3 is 2.60 bits per heavy atom. The van der Waals surface area contributed by atoms with Gasteiger partial charge >= 0.3 is 6.03 Å². The number of hydrogen-bond donors (Lipinski definition) is 3. The van der Waals surface area contributed by atoms with Gasteiger partial charge in [0.1, 0.15) is 23.3 Å². The quantitative estimate of drug-likeness (QED) is 0.162. The standard InChI is InChI=1S/C34H38N12O/c1-44-23-28(22-41-44)26-8-13-31(38-20-26)46(34(47)40-19-25-6-3-2-4-7-25)30-11-9-29(10-12-30)42-33-39-21-27(18-35)32(43-33)37-14-5-16-45-17-15-36-24-45/h2-4,6-8,13,15,17,20-24,29-30H,5,9-12,14,16,19H2,1H3,(H,40,47)(H2,37,39,42,43)/t29-,30-. The van der Waals surface area contributed by atoms with Gasteiger partial charge < -0.3 is 20.5 Å². The molecule has 1 aromatic carbocycles. The maximum Gasteiger partial charge on any atom is 0.323 e. The molecule has 4 heterocycles. The molecule has 0 atom stereocenters. The van der Waals surface area contributed by atoms with Crippen LogP contribution >= 0.6 is 0 Å². The van der Waals surface area contributed by atoms with Gasteiger partial charge in [-0.1, -0.05) is 30.3 Å². The number of anilines is 3. The first kappa shape index (κ1) is 31.2. The number of nitrogens with one attached hydrogen (secondary N) is 3. The summed E-state index contributed by atoms with van der Waals surface area (Å²) in [4.78, 5) is 33.3. The number of nitrogens with zero attached hydrogens (tertiary/aromatic N) is 9. The van der Waals surface area contributed by atoms with Crippen LogP contribution in [0, 0.1) is 11.3 Å². The zero-order valence-electron chi connectivity index (χ0n) is 26.3. The fraction of sp³-hybridized carbons (Fsp3) is 0.324. The molecule has 1 aliphatic carbocycles. The van der Waals surface area contributed by atoms with E-state index in [9.17, 15) is 10.1 Å². The van der Waals surface area contributed by atoms with E-state index >= 15 is 0 Å². The van der Waals surface area contributed by atoms with Crippen LogP contribution in [0.25, 0.3) is 11.1 Å². The minimum absolute atomic E-state index is 0.0322. The number of pyridine rings is 1. The minimum Gasteiger partial charge on any atom is -0.369 e. The lowest BCUT2D eigenvalue weighted by Crippen LogP contribution is -2.49. The molecule has 47 heavy (non-hydrogen) atoms. The van der Waals surface area contributed by atoms with Crippen LogP contribution < -0.4 is 20.9 Å². The molecule has 1 aliphatic rings. The molecule has 3 N–H and O–H groups in total. The summed E-state index contributed by atoms with van der Waals surface area (Å²) >= 11 is 0. The molecule has 0 saturated heterocycles. The van der Waals surface area contributed by atoms with Crippen LogP contribution in [-0.2, 0) is 20.1 Å². The van der Waals surface area contributed by atoms with Gasteiger partial charge in [0.2, 0.25) is 5.95 Å². The van der Waals surface area contributed by atoms with Gasteiger partial charge in [-0.05, 0) is 49.8 Å². The third kappa shape index (κ3) is 8.09. The fourth-order valence-electron chi connectivity index (χ4n) is 5.80. The highest BCUT2D eigenvalue weighted by atomic mass is 16.2. The lowest BCUT2D eigenvalue weighted by Gasteiger charge is -2.36. The Kier molecular flexibility index (Phi) is 9.97. The Hall–Kier alpha value is -5.77. The Labute approximate surface area is 273 Å². The Morgan fingerprint density at radius 2 is 1.89 bits per heavy atom. The third-order valence-corrected chi connectivity index (χ3v) is 8.29. The van der Waals surface area contributed by atoms with Crippen LogP contribution in [0.5, 0.6) is 0 Å². The lowest BCUT2D eigenvalue weighted by atomic mass is 9.90. The molecule has 13 heteroatoms. The van der Waals surface area contributed by atoms with E-state index in [4.69, 9.17) is 4.98 Å². The summed E-state index contributed by atoms with van der Waals surface area (Å²) in [6.45, 7) is 1.91. The summed E-state index contributed by atoms with van der Waals surface area (Å²) in [5, 5.41) is 23.7. The number of rotatable bonds is 12. The van der Waals surface area contributed by atoms with Gasteiger partial charge in [0.25, 0.3) is 0 Å². The molecule has 0 radical (unpaired) electrons. The van der Waals surface area contributed by atoms with E-state index in [2.05, 4.69) is 42.1 Å². The van der Waals surface area contributed by atoms with Crippen molar-refractivity contribution in [3.63, 3.8) is 0 Å². The zero-order valence-corrected chi connectivity index (χ0v) is 26.3. The van der Waals surface area contributed by atoms with Crippen molar-refractivity contribution in [3.05, 3.63) is 97.1 Å². The lowest BCUT2D eigenvalue weighted by molar-refractivity contribution is 0.240. The molecule has 4 aromatic heterocycles. The highest BCUT2D eigenvalue weighted by Gasteiger charge is 2.31. The first-order valence-electron chi connectivity index (χ1n) is 15.8. The summed E-state index contributed by atoms with van der Waals surface area (Å²) in [7, 11) is 1.88. The number of hydrogen-bond acceptors (Lipinski definition) is 9. The van der Waals surface area contributed by atoms with Crippen molar-refractivity contribution in [1.82, 2.24) is 39.6 Å². The van der Waals surface area contributed by atoms with Crippen molar-refractivity contribution in [1.29, 1.82) is 5.26 Å². The predicted octanol–water partition coefficient (Wildman–Crippen LogP) is 4.98. The van der Waals surface area contributed by atoms with Crippen molar-refractivity contribution in [2.24, 2.45) is 7.05 Å². The van der Waals surface area contributed by atoms with E-state index in [1.54, 1.807) is 40.7 Å². The number of benzene rings is 1. The second kappa shape index (κ2) is 15.0. The smallest absolute Gasteiger partial charge is 0.323 e. The van der Waals surface area contributed by atoms with Crippen molar-refractivity contribution >= 4 is 23.6 Å². The molecule has 0 bridgehead atoms. The monoisotopic (exact) mass is 630 g/mol. The molecule has 0 spiro atoms. The molecule has 6 rings (SSSR count). The van der Waals surface area contributed by atoms with Crippen LogP contribution in [-0.4, -0.2) is 58.9 Å². The predicted molar refractivity (Wildman–Crippen MR) is 179 cm³/mol. The molecule has 240 valence electrons. The van der Waals surface area contributed by atoms with Crippen LogP contribution in [0.3, 0.4) is 0 Å². The highest BCUT2D eigenvalue weighted by molar-refractivity contribution is 5.91. The summed E-state index contributed by atoms with van der Waals surface area (Å²) in [6, 6.07) is 15.9. The van der Waals surface area contributed by atoms with Gasteiger partial charge in [-0.2, -0.15) is 15.3 Å². The molecule has 2 amide bonds. The molecule has 0 unspecified atom stereocenters. The van der Waals surface area contributed by atoms with Gasteiger partial charge in [0, 0.05) is 74.7 Å². The van der Waals surface area contributed by atoms with Crippen molar-refractivity contribution in [3.8, 4) is 17.2 Å². The molecule has 1 fully saturated rings. The summed E-state index contributed by atoms with van der Waals surface area (Å²) < 4.78 is 3.77.